The number of aryl methyl sites for hydroxylation is 1. The highest BCUT2D eigenvalue weighted by Crippen LogP contribution is 2.26. The molecule has 0 amide bonds. The van der Waals surface area contributed by atoms with Gasteiger partial charge in [-0.15, -0.1) is 0 Å². The second kappa shape index (κ2) is 4.00. The van der Waals surface area contributed by atoms with Gasteiger partial charge in [0.1, 0.15) is 11.5 Å². The zero-order valence-corrected chi connectivity index (χ0v) is 8.47. The van der Waals surface area contributed by atoms with E-state index in [1.54, 1.807) is 12.4 Å². The Balaban J connectivity index is 2.28. The summed E-state index contributed by atoms with van der Waals surface area (Å²) >= 11 is 0. The van der Waals surface area contributed by atoms with Crippen LogP contribution in [0.25, 0.3) is 0 Å². The molecule has 0 aliphatic carbocycles. The van der Waals surface area contributed by atoms with E-state index < -0.39 is 0 Å². The van der Waals surface area contributed by atoms with Crippen molar-refractivity contribution in [3.63, 3.8) is 0 Å². The molecule has 1 aromatic heterocycles. The van der Waals surface area contributed by atoms with Crippen molar-refractivity contribution < 1.29 is 4.74 Å². The molecule has 76 valence electrons. The lowest BCUT2D eigenvalue weighted by atomic mass is 10.2. The molecule has 2 N–H and O–H groups in total. The molecule has 1 heterocycles. The quantitative estimate of drug-likeness (QED) is 0.758. The van der Waals surface area contributed by atoms with Crippen LogP contribution in [0.1, 0.15) is 5.56 Å². The van der Waals surface area contributed by atoms with Crippen molar-refractivity contribution in [3.8, 4) is 11.5 Å². The molecular weight excluding hydrogens is 188 g/mol. The molecule has 0 saturated heterocycles. The Bertz CT molecular complexity index is 454. The predicted molar refractivity (Wildman–Crippen MR) is 59.9 cm³/mol. The summed E-state index contributed by atoms with van der Waals surface area (Å²) in [7, 11) is 0. The van der Waals surface area contributed by atoms with E-state index in [-0.39, 0.29) is 0 Å². The maximum absolute atomic E-state index is 5.69. The summed E-state index contributed by atoms with van der Waals surface area (Å²) in [6.45, 7) is 1.98. The molecule has 0 saturated carbocycles. The summed E-state index contributed by atoms with van der Waals surface area (Å²) in [5.74, 6) is 1.54. The molecule has 0 atom stereocenters. The van der Waals surface area contributed by atoms with Gasteiger partial charge in [0.15, 0.2) is 0 Å². The second-order valence-corrected chi connectivity index (χ2v) is 3.31. The zero-order valence-electron chi connectivity index (χ0n) is 8.47. The third kappa shape index (κ3) is 2.26. The number of benzene rings is 1. The molecule has 2 aromatic rings. The molecule has 1 aromatic carbocycles. The molecule has 0 radical (unpaired) electrons. The lowest BCUT2D eigenvalue weighted by molar-refractivity contribution is 0.478. The predicted octanol–water partition coefficient (Wildman–Crippen LogP) is 2.76. The van der Waals surface area contributed by atoms with E-state index in [0.717, 1.165) is 17.1 Å². The number of nitrogens with zero attached hydrogens (tertiary/aromatic N) is 1. The van der Waals surface area contributed by atoms with E-state index in [9.17, 15) is 0 Å². The molecule has 0 aliphatic rings. The molecule has 15 heavy (non-hydrogen) atoms. The van der Waals surface area contributed by atoms with Crippen LogP contribution in [-0.4, -0.2) is 4.98 Å². The SMILES string of the molecule is Cc1ccc(N)cc1Oc1ccncc1. The van der Waals surface area contributed by atoms with Gasteiger partial charge in [0.25, 0.3) is 0 Å². The molecule has 0 unspecified atom stereocenters. The monoisotopic (exact) mass is 200 g/mol. The summed E-state index contributed by atoms with van der Waals surface area (Å²) < 4.78 is 5.67. The fourth-order valence-electron chi connectivity index (χ4n) is 1.26. The topological polar surface area (TPSA) is 48.1 Å². The Kier molecular flexibility index (Phi) is 2.54. The summed E-state index contributed by atoms with van der Waals surface area (Å²) in [5.41, 5.74) is 7.44. The maximum Gasteiger partial charge on any atom is 0.132 e. The van der Waals surface area contributed by atoms with Crippen LogP contribution >= 0.6 is 0 Å². The Morgan fingerprint density at radius 1 is 1.13 bits per heavy atom. The van der Waals surface area contributed by atoms with Gasteiger partial charge in [-0.3, -0.25) is 4.98 Å². The molecule has 0 fully saturated rings. The highest BCUT2D eigenvalue weighted by Gasteiger charge is 2.01. The maximum atomic E-state index is 5.69. The van der Waals surface area contributed by atoms with Crippen molar-refractivity contribution >= 4 is 5.69 Å². The third-order valence-corrected chi connectivity index (χ3v) is 2.09. The van der Waals surface area contributed by atoms with Gasteiger partial charge in [0.05, 0.1) is 0 Å². The summed E-state index contributed by atoms with van der Waals surface area (Å²) in [4.78, 5) is 3.92. The molecule has 2 rings (SSSR count). The molecule has 0 spiro atoms. The number of hydrogen-bond acceptors (Lipinski definition) is 3. The van der Waals surface area contributed by atoms with Crippen LogP contribution in [0.2, 0.25) is 0 Å². The van der Waals surface area contributed by atoms with E-state index in [1.165, 1.54) is 0 Å². The van der Waals surface area contributed by atoms with Crippen molar-refractivity contribution in [2.24, 2.45) is 0 Å². The van der Waals surface area contributed by atoms with Gasteiger partial charge in [0, 0.05) is 24.1 Å². The normalized spacial score (nSPS) is 9.93. The summed E-state index contributed by atoms with van der Waals surface area (Å²) in [6.07, 6.45) is 3.38. The largest absolute Gasteiger partial charge is 0.457 e. The first kappa shape index (κ1) is 9.52. The Labute approximate surface area is 88.5 Å². The fraction of sp³-hybridized carbons (Fsp3) is 0.0833. The molecule has 3 nitrogen and oxygen atoms in total. The van der Waals surface area contributed by atoms with E-state index in [2.05, 4.69) is 4.98 Å². The Hall–Kier alpha value is -2.03. The average Bonchev–Trinajstić information content (AvgIpc) is 2.25. The van der Waals surface area contributed by atoms with Crippen LogP contribution in [-0.2, 0) is 0 Å². The van der Waals surface area contributed by atoms with Crippen molar-refractivity contribution in [1.82, 2.24) is 4.98 Å². The lowest BCUT2D eigenvalue weighted by Crippen LogP contribution is -1.90. The molecule has 0 aliphatic heterocycles. The number of rotatable bonds is 2. The van der Waals surface area contributed by atoms with Crippen molar-refractivity contribution in [2.75, 3.05) is 5.73 Å². The third-order valence-electron chi connectivity index (χ3n) is 2.09. The van der Waals surface area contributed by atoms with Crippen LogP contribution in [0.4, 0.5) is 5.69 Å². The van der Waals surface area contributed by atoms with E-state index >= 15 is 0 Å². The fourth-order valence-corrected chi connectivity index (χ4v) is 1.26. The van der Waals surface area contributed by atoms with Gasteiger partial charge in [-0.25, -0.2) is 0 Å². The van der Waals surface area contributed by atoms with Gasteiger partial charge in [-0.1, -0.05) is 6.07 Å². The number of anilines is 1. The first-order valence-corrected chi connectivity index (χ1v) is 4.70. The number of hydrogen-bond donors (Lipinski definition) is 1. The van der Waals surface area contributed by atoms with E-state index in [0.29, 0.717) is 5.69 Å². The Morgan fingerprint density at radius 3 is 2.60 bits per heavy atom. The number of nitrogen functional groups attached to an aromatic ring is 1. The van der Waals surface area contributed by atoms with E-state index in [1.807, 2.05) is 37.3 Å². The first-order chi connectivity index (χ1) is 7.25. The minimum Gasteiger partial charge on any atom is -0.457 e. The molecule has 0 bridgehead atoms. The van der Waals surface area contributed by atoms with Crippen molar-refractivity contribution in [2.45, 2.75) is 6.92 Å². The standard InChI is InChI=1S/C12H12N2O/c1-9-2-3-10(13)8-12(9)15-11-4-6-14-7-5-11/h2-8H,13H2,1H3. The number of aromatic nitrogens is 1. The summed E-state index contributed by atoms with van der Waals surface area (Å²) in [6, 6.07) is 9.22. The zero-order chi connectivity index (χ0) is 10.7. The second-order valence-electron chi connectivity index (χ2n) is 3.31. The van der Waals surface area contributed by atoms with Crippen molar-refractivity contribution in [3.05, 3.63) is 48.3 Å². The minimum atomic E-state index is 0.699. The number of pyridine rings is 1. The smallest absolute Gasteiger partial charge is 0.132 e. The molecule has 3 heteroatoms. The number of ether oxygens (including phenoxy) is 1. The highest BCUT2D eigenvalue weighted by molar-refractivity contribution is 5.49. The van der Waals surface area contributed by atoms with E-state index in [4.69, 9.17) is 10.5 Å². The minimum absolute atomic E-state index is 0.699. The number of nitrogens with two attached hydrogens (primary N) is 1. The van der Waals surface area contributed by atoms with Crippen molar-refractivity contribution in [1.29, 1.82) is 0 Å². The summed E-state index contributed by atoms with van der Waals surface area (Å²) in [5, 5.41) is 0. The lowest BCUT2D eigenvalue weighted by Gasteiger charge is -2.08. The van der Waals surface area contributed by atoms with Crippen LogP contribution < -0.4 is 10.5 Å². The van der Waals surface area contributed by atoms with Crippen LogP contribution in [0, 0.1) is 6.92 Å². The van der Waals surface area contributed by atoms with Gasteiger partial charge in [-0.2, -0.15) is 0 Å². The molecular formula is C12H12N2O. The van der Waals surface area contributed by atoms with Gasteiger partial charge < -0.3 is 10.5 Å². The van der Waals surface area contributed by atoms with Gasteiger partial charge >= 0.3 is 0 Å². The highest BCUT2D eigenvalue weighted by atomic mass is 16.5. The van der Waals surface area contributed by atoms with Crippen LogP contribution in [0.3, 0.4) is 0 Å². The Morgan fingerprint density at radius 2 is 1.87 bits per heavy atom. The van der Waals surface area contributed by atoms with Crippen LogP contribution in [0.5, 0.6) is 11.5 Å². The van der Waals surface area contributed by atoms with Crippen LogP contribution in [0.15, 0.2) is 42.7 Å². The first-order valence-electron chi connectivity index (χ1n) is 4.70. The van der Waals surface area contributed by atoms with Gasteiger partial charge in [-0.05, 0) is 30.7 Å². The van der Waals surface area contributed by atoms with Gasteiger partial charge in [0.2, 0.25) is 0 Å². The average molecular weight is 200 g/mol.